The second-order valence-corrected chi connectivity index (χ2v) is 6.95. The molecule has 1 aromatic heterocycles. The number of benzene rings is 2. The van der Waals surface area contributed by atoms with Crippen LogP contribution in [0.3, 0.4) is 0 Å². The number of ether oxygens (including phenoxy) is 1. The predicted molar refractivity (Wildman–Crippen MR) is 104 cm³/mol. The maximum absolute atomic E-state index is 5.70. The van der Waals surface area contributed by atoms with E-state index in [9.17, 15) is 0 Å². The zero-order chi connectivity index (χ0) is 17.8. The Balaban J connectivity index is 1.41. The minimum absolute atomic E-state index is 0.317. The highest BCUT2D eigenvalue weighted by atomic mass is 16.5. The Bertz CT molecular complexity index is 838. The Morgan fingerprint density at radius 1 is 1.08 bits per heavy atom. The van der Waals surface area contributed by atoms with E-state index in [1.54, 1.807) is 13.4 Å². The van der Waals surface area contributed by atoms with Crippen LogP contribution in [0.2, 0.25) is 0 Å². The number of methoxy groups -OCH3 is 1. The van der Waals surface area contributed by atoms with Crippen molar-refractivity contribution in [3.8, 4) is 5.75 Å². The van der Waals surface area contributed by atoms with Gasteiger partial charge in [0.05, 0.1) is 19.4 Å². The van der Waals surface area contributed by atoms with Crippen molar-refractivity contribution in [2.45, 2.75) is 25.4 Å². The van der Waals surface area contributed by atoms with E-state index in [-0.39, 0.29) is 0 Å². The second-order valence-electron chi connectivity index (χ2n) is 6.95. The molecule has 0 aliphatic carbocycles. The van der Waals surface area contributed by atoms with E-state index in [1.807, 2.05) is 12.1 Å². The van der Waals surface area contributed by atoms with Gasteiger partial charge in [0, 0.05) is 13.1 Å². The second kappa shape index (κ2) is 7.94. The van der Waals surface area contributed by atoms with E-state index in [4.69, 9.17) is 9.15 Å². The fourth-order valence-corrected chi connectivity index (χ4v) is 3.81. The fourth-order valence-electron chi connectivity index (χ4n) is 3.81. The van der Waals surface area contributed by atoms with Crippen molar-refractivity contribution < 1.29 is 9.15 Å². The van der Waals surface area contributed by atoms with Gasteiger partial charge in [0.1, 0.15) is 11.5 Å². The molecular formula is C22H26N2O2. The molecular weight excluding hydrogens is 324 g/mol. The molecule has 4 heteroatoms. The number of hydrogen-bond acceptors (Lipinski definition) is 4. The molecule has 1 aliphatic heterocycles. The number of hydrogen-bond donors (Lipinski definition) is 1. The van der Waals surface area contributed by atoms with Crippen LogP contribution in [0.4, 0.5) is 0 Å². The molecule has 2 heterocycles. The molecule has 1 fully saturated rings. The van der Waals surface area contributed by atoms with Crippen molar-refractivity contribution in [2.24, 2.45) is 0 Å². The normalized spacial score (nSPS) is 16.2. The van der Waals surface area contributed by atoms with Crippen molar-refractivity contribution in [3.05, 3.63) is 66.1 Å². The zero-order valence-corrected chi connectivity index (χ0v) is 15.3. The maximum Gasteiger partial charge on any atom is 0.122 e. The molecule has 4 nitrogen and oxygen atoms in total. The lowest BCUT2D eigenvalue weighted by Crippen LogP contribution is -2.33. The highest BCUT2D eigenvalue weighted by Crippen LogP contribution is 2.25. The molecule has 26 heavy (non-hydrogen) atoms. The third kappa shape index (κ3) is 3.76. The van der Waals surface area contributed by atoms with Crippen LogP contribution in [-0.4, -0.2) is 31.6 Å². The van der Waals surface area contributed by atoms with Gasteiger partial charge in [-0.15, -0.1) is 0 Å². The summed E-state index contributed by atoms with van der Waals surface area (Å²) >= 11 is 0. The third-order valence-corrected chi connectivity index (χ3v) is 5.23. The Kier molecular flexibility index (Phi) is 5.23. The van der Waals surface area contributed by atoms with E-state index >= 15 is 0 Å². The van der Waals surface area contributed by atoms with Gasteiger partial charge in [0.25, 0.3) is 0 Å². The number of nitrogens with zero attached hydrogens (tertiary/aromatic N) is 1. The fraction of sp³-hybridized carbons (Fsp3) is 0.364. The summed E-state index contributed by atoms with van der Waals surface area (Å²) < 4.78 is 11.0. The molecule has 3 aromatic rings. The lowest BCUT2D eigenvalue weighted by atomic mass is 10.1. The number of furan rings is 1. The smallest absolute Gasteiger partial charge is 0.122 e. The molecule has 1 atom stereocenters. The number of rotatable bonds is 7. The first kappa shape index (κ1) is 17.1. The van der Waals surface area contributed by atoms with Crippen LogP contribution in [0.25, 0.3) is 10.8 Å². The third-order valence-electron chi connectivity index (χ3n) is 5.23. The van der Waals surface area contributed by atoms with Crippen LogP contribution in [0.1, 0.15) is 30.2 Å². The first-order chi connectivity index (χ1) is 12.8. The molecule has 0 spiro atoms. The first-order valence-corrected chi connectivity index (χ1v) is 9.38. The summed E-state index contributed by atoms with van der Waals surface area (Å²) in [6.45, 7) is 4.07. The minimum atomic E-state index is 0.317. The van der Waals surface area contributed by atoms with Crippen molar-refractivity contribution in [1.29, 1.82) is 0 Å². The molecule has 1 saturated heterocycles. The largest absolute Gasteiger partial charge is 0.497 e. The van der Waals surface area contributed by atoms with E-state index in [0.29, 0.717) is 6.04 Å². The Labute approximate surface area is 154 Å². The topological polar surface area (TPSA) is 37.6 Å². The summed E-state index contributed by atoms with van der Waals surface area (Å²) in [5.74, 6) is 1.96. The summed E-state index contributed by atoms with van der Waals surface area (Å²) in [5, 5.41) is 6.08. The molecule has 136 valence electrons. The van der Waals surface area contributed by atoms with Crippen molar-refractivity contribution >= 4 is 10.8 Å². The Morgan fingerprint density at radius 3 is 2.65 bits per heavy atom. The highest BCUT2D eigenvalue weighted by molar-refractivity contribution is 5.84. The van der Waals surface area contributed by atoms with E-state index in [0.717, 1.165) is 37.7 Å². The van der Waals surface area contributed by atoms with Gasteiger partial charge in [-0.2, -0.15) is 0 Å². The molecule has 0 bridgehead atoms. The van der Waals surface area contributed by atoms with Gasteiger partial charge in [0.2, 0.25) is 0 Å². The maximum atomic E-state index is 5.70. The lowest BCUT2D eigenvalue weighted by Gasteiger charge is -2.26. The van der Waals surface area contributed by atoms with Gasteiger partial charge in [-0.05, 0) is 72.6 Å². The number of likely N-dealkylation sites (tertiary alicyclic amines) is 1. The Hall–Kier alpha value is -2.30. The van der Waals surface area contributed by atoms with Crippen molar-refractivity contribution in [2.75, 3.05) is 26.7 Å². The first-order valence-electron chi connectivity index (χ1n) is 9.38. The molecule has 1 aliphatic rings. The van der Waals surface area contributed by atoms with Crippen molar-refractivity contribution in [3.63, 3.8) is 0 Å². The average Bonchev–Trinajstić information content (AvgIpc) is 3.39. The number of nitrogens with one attached hydrogen (secondary N) is 1. The standard InChI is InChI=1S/C22H26N2O2/c1-25-20-9-8-18-13-17(6-7-19(18)14-20)15-23-16-21(22-5-4-12-26-22)24-10-2-3-11-24/h4-9,12-14,21,23H,2-3,10-11,15-16H2,1H3/t21-/m1/s1. The molecule has 2 aromatic carbocycles. The van der Waals surface area contributed by atoms with Gasteiger partial charge < -0.3 is 14.5 Å². The van der Waals surface area contributed by atoms with Crippen LogP contribution < -0.4 is 10.1 Å². The van der Waals surface area contributed by atoms with Crippen LogP contribution in [0.15, 0.2) is 59.2 Å². The van der Waals surface area contributed by atoms with E-state index in [1.165, 1.54) is 29.2 Å². The molecule has 0 amide bonds. The van der Waals surface area contributed by atoms with Gasteiger partial charge in [-0.25, -0.2) is 0 Å². The van der Waals surface area contributed by atoms with E-state index < -0.39 is 0 Å². The molecule has 0 radical (unpaired) electrons. The summed E-state index contributed by atoms with van der Waals surface area (Å²) in [6, 6.07) is 17.2. The van der Waals surface area contributed by atoms with Gasteiger partial charge in [-0.3, -0.25) is 4.90 Å². The molecule has 1 N–H and O–H groups in total. The quantitative estimate of drug-likeness (QED) is 0.687. The molecule has 0 saturated carbocycles. The van der Waals surface area contributed by atoms with Gasteiger partial charge in [0.15, 0.2) is 0 Å². The number of fused-ring (bicyclic) bond motifs is 1. The summed E-state index contributed by atoms with van der Waals surface area (Å²) in [4.78, 5) is 2.53. The summed E-state index contributed by atoms with van der Waals surface area (Å²) in [7, 11) is 1.70. The van der Waals surface area contributed by atoms with Gasteiger partial charge >= 0.3 is 0 Å². The minimum Gasteiger partial charge on any atom is -0.497 e. The summed E-state index contributed by atoms with van der Waals surface area (Å²) in [6.07, 6.45) is 4.34. The highest BCUT2D eigenvalue weighted by Gasteiger charge is 2.25. The molecule has 4 rings (SSSR count). The van der Waals surface area contributed by atoms with Crippen molar-refractivity contribution in [1.82, 2.24) is 10.2 Å². The zero-order valence-electron chi connectivity index (χ0n) is 15.3. The summed E-state index contributed by atoms with van der Waals surface area (Å²) in [5.41, 5.74) is 1.29. The van der Waals surface area contributed by atoms with Crippen LogP contribution in [0, 0.1) is 0 Å². The molecule has 0 unspecified atom stereocenters. The SMILES string of the molecule is COc1ccc2cc(CNC[C@H](c3ccco3)N3CCCC3)ccc2c1. The van der Waals surface area contributed by atoms with Gasteiger partial charge in [-0.1, -0.05) is 18.2 Å². The Morgan fingerprint density at radius 2 is 1.88 bits per heavy atom. The monoisotopic (exact) mass is 350 g/mol. The lowest BCUT2D eigenvalue weighted by molar-refractivity contribution is 0.209. The van der Waals surface area contributed by atoms with Crippen LogP contribution >= 0.6 is 0 Å². The predicted octanol–water partition coefficient (Wildman–Crippen LogP) is 4.37. The van der Waals surface area contributed by atoms with Crippen LogP contribution in [-0.2, 0) is 6.54 Å². The van der Waals surface area contributed by atoms with Crippen LogP contribution in [0.5, 0.6) is 5.75 Å². The average molecular weight is 350 g/mol. The van der Waals surface area contributed by atoms with E-state index in [2.05, 4.69) is 46.6 Å².